The summed E-state index contributed by atoms with van der Waals surface area (Å²) in [6.45, 7) is 5.53. The monoisotopic (exact) mass is 396 g/mol. The zero-order valence-electron chi connectivity index (χ0n) is 15.2. The van der Waals surface area contributed by atoms with E-state index in [0.717, 1.165) is 19.4 Å². The minimum atomic E-state index is -1.30. The van der Waals surface area contributed by atoms with E-state index in [1.807, 2.05) is 11.8 Å². The van der Waals surface area contributed by atoms with E-state index in [1.54, 1.807) is 4.57 Å². The largest absolute Gasteiger partial charge is 0.477 e. The average molecular weight is 397 g/mol. The number of rotatable bonds is 3. The first-order valence-corrected chi connectivity index (χ1v) is 8.85. The number of hydrogen-bond donors (Lipinski definition) is 2. The highest BCUT2D eigenvalue weighted by Crippen LogP contribution is 2.38. The lowest BCUT2D eigenvalue weighted by Crippen LogP contribution is -2.50. The van der Waals surface area contributed by atoms with Crippen LogP contribution in [0.5, 0.6) is 0 Å². The molecule has 146 valence electrons. The van der Waals surface area contributed by atoms with E-state index in [4.69, 9.17) is 0 Å². The first-order valence-electron chi connectivity index (χ1n) is 8.85. The van der Waals surface area contributed by atoms with Crippen molar-refractivity contribution in [3.63, 3.8) is 0 Å². The number of carbonyl (C=O) groups is 1. The number of carboxylic acid groups (broad SMARTS) is 1. The summed E-state index contributed by atoms with van der Waals surface area (Å²) in [5.41, 5.74) is -0.466. The third kappa shape index (κ3) is 3.27. The number of nitrogens with zero attached hydrogens (tertiary/aromatic N) is 3. The zero-order valence-corrected chi connectivity index (χ0v) is 16.0. The predicted octanol–water partition coefficient (Wildman–Crippen LogP) is 2.10. The van der Waals surface area contributed by atoms with Crippen LogP contribution in [0.4, 0.5) is 10.2 Å². The molecule has 2 fully saturated rings. The minimum Gasteiger partial charge on any atom is -0.477 e. The summed E-state index contributed by atoms with van der Waals surface area (Å²) >= 11 is 0. The van der Waals surface area contributed by atoms with Gasteiger partial charge >= 0.3 is 5.97 Å². The molecule has 9 heteroatoms. The summed E-state index contributed by atoms with van der Waals surface area (Å²) in [7, 11) is 0. The lowest BCUT2D eigenvalue weighted by Gasteiger charge is -2.33. The SMILES string of the molecule is Cc1c(F)c(N2CCNC(C)C2)nc2c1c(=O)c(C(=O)O)cn2C1CC1.Cl. The van der Waals surface area contributed by atoms with E-state index >= 15 is 4.39 Å². The number of carboxylic acids is 1. The molecule has 0 aromatic carbocycles. The van der Waals surface area contributed by atoms with Gasteiger partial charge in [-0.25, -0.2) is 14.2 Å². The number of hydrogen-bond acceptors (Lipinski definition) is 5. The standard InChI is InChI=1S/C18H21FN4O3.ClH/c1-9-7-22(6-5-20-9)17-14(19)10(2)13-15(24)12(18(25)26)8-23(11-3-4-11)16(13)21-17;/h8-9,11,20H,3-7H2,1-2H3,(H,25,26);1H. The first-order chi connectivity index (χ1) is 12.4. The van der Waals surface area contributed by atoms with E-state index in [9.17, 15) is 14.7 Å². The Bertz CT molecular complexity index is 973. The topological polar surface area (TPSA) is 87.5 Å². The smallest absolute Gasteiger partial charge is 0.341 e. The molecule has 1 aliphatic heterocycles. The van der Waals surface area contributed by atoms with E-state index in [0.29, 0.717) is 18.7 Å². The summed E-state index contributed by atoms with van der Waals surface area (Å²) < 4.78 is 16.8. The van der Waals surface area contributed by atoms with Gasteiger partial charge in [-0.05, 0) is 26.7 Å². The Kier molecular flexibility index (Phi) is 5.14. The van der Waals surface area contributed by atoms with Crippen LogP contribution in [-0.4, -0.2) is 46.3 Å². The molecule has 2 aromatic heterocycles. The number of aromatic nitrogens is 2. The van der Waals surface area contributed by atoms with Crippen molar-refractivity contribution in [3.05, 3.63) is 33.4 Å². The molecule has 1 saturated heterocycles. The molecule has 0 spiro atoms. The van der Waals surface area contributed by atoms with Crippen LogP contribution in [0.1, 0.15) is 41.7 Å². The van der Waals surface area contributed by atoms with E-state index in [1.165, 1.54) is 13.1 Å². The van der Waals surface area contributed by atoms with Gasteiger partial charge in [0.05, 0.1) is 5.39 Å². The summed E-state index contributed by atoms with van der Waals surface area (Å²) in [6.07, 6.45) is 3.16. The Morgan fingerprint density at radius 2 is 2.11 bits per heavy atom. The van der Waals surface area contributed by atoms with Gasteiger partial charge in [-0.1, -0.05) is 0 Å². The summed E-state index contributed by atoms with van der Waals surface area (Å²) in [6, 6.07) is 0.323. The third-order valence-electron chi connectivity index (χ3n) is 5.16. The van der Waals surface area contributed by atoms with E-state index in [-0.39, 0.29) is 46.8 Å². The van der Waals surface area contributed by atoms with Crippen LogP contribution in [0, 0.1) is 12.7 Å². The molecule has 1 saturated carbocycles. The third-order valence-corrected chi connectivity index (χ3v) is 5.16. The molecule has 0 bridgehead atoms. The minimum absolute atomic E-state index is 0. The van der Waals surface area contributed by atoms with Crippen LogP contribution in [0.25, 0.3) is 11.0 Å². The van der Waals surface area contributed by atoms with Crippen molar-refractivity contribution in [2.45, 2.75) is 38.8 Å². The fourth-order valence-corrected chi connectivity index (χ4v) is 3.62. The van der Waals surface area contributed by atoms with Crippen molar-refractivity contribution < 1.29 is 14.3 Å². The molecule has 3 heterocycles. The van der Waals surface area contributed by atoms with Gasteiger partial charge in [0, 0.05) is 43.5 Å². The Balaban J connectivity index is 0.00000210. The highest BCUT2D eigenvalue weighted by molar-refractivity contribution is 5.93. The maximum absolute atomic E-state index is 15.1. The molecule has 1 atom stereocenters. The molecular weight excluding hydrogens is 375 g/mol. The molecule has 27 heavy (non-hydrogen) atoms. The molecule has 1 unspecified atom stereocenters. The average Bonchev–Trinajstić information content (AvgIpc) is 3.42. The summed E-state index contributed by atoms with van der Waals surface area (Å²) in [5.74, 6) is -1.61. The second kappa shape index (κ2) is 7.09. The molecule has 0 amide bonds. The van der Waals surface area contributed by atoms with Crippen LogP contribution in [0.15, 0.2) is 11.0 Å². The van der Waals surface area contributed by atoms with Crippen LogP contribution >= 0.6 is 12.4 Å². The quantitative estimate of drug-likeness (QED) is 0.826. The number of fused-ring (bicyclic) bond motifs is 1. The molecule has 4 rings (SSSR count). The van der Waals surface area contributed by atoms with Crippen molar-refractivity contribution >= 4 is 35.2 Å². The predicted molar refractivity (Wildman–Crippen MR) is 103 cm³/mol. The van der Waals surface area contributed by atoms with Crippen molar-refractivity contribution in [3.8, 4) is 0 Å². The van der Waals surface area contributed by atoms with E-state index in [2.05, 4.69) is 10.3 Å². The molecular formula is C18H22ClFN4O3. The van der Waals surface area contributed by atoms with Gasteiger partial charge in [0.25, 0.3) is 0 Å². The van der Waals surface area contributed by atoms with Crippen molar-refractivity contribution in [1.29, 1.82) is 0 Å². The zero-order chi connectivity index (χ0) is 18.6. The number of halogens is 2. The second-order valence-corrected chi connectivity index (χ2v) is 7.19. The lowest BCUT2D eigenvalue weighted by atomic mass is 10.1. The van der Waals surface area contributed by atoms with Crippen molar-refractivity contribution in [1.82, 2.24) is 14.9 Å². The molecule has 1 aliphatic carbocycles. The van der Waals surface area contributed by atoms with Crippen molar-refractivity contribution in [2.24, 2.45) is 0 Å². The second-order valence-electron chi connectivity index (χ2n) is 7.19. The number of aromatic carboxylic acids is 1. The number of piperazine rings is 1. The Hall–Kier alpha value is -2.19. The van der Waals surface area contributed by atoms with E-state index < -0.39 is 17.2 Å². The number of pyridine rings is 2. The fraction of sp³-hybridized carbons (Fsp3) is 0.500. The highest BCUT2D eigenvalue weighted by atomic mass is 35.5. The van der Waals surface area contributed by atoms with Crippen LogP contribution < -0.4 is 15.6 Å². The number of aryl methyl sites for hydroxylation is 1. The summed E-state index contributed by atoms with van der Waals surface area (Å²) in [4.78, 5) is 30.5. The Morgan fingerprint density at radius 1 is 1.41 bits per heavy atom. The maximum atomic E-state index is 15.1. The van der Waals surface area contributed by atoms with Gasteiger partial charge in [0.1, 0.15) is 11.2 Å². The molecule has 2 N–H and O–H groups in total. The number of nitrogens with one attached hydrogen (secondary N) is 1. The van der Waals surface area contributed by atoms with Crippen LogP contribution in [0.3, 0.4) is 0 Å². The molecule has 2 aliphatic rings. The van der Waals surface area contributed by atoms with Crippen LogP contribution in [0.2, 0.25) is 0 Å². The molecule has 7 nitrogen and oxygen atoms in total. The Labute approximate surface area is 161 Å². The maximum Gasteiger partial charge on any atom is 0.341 e. The van der Waals surface area contributed by atoms with Gasteiger partial charge in [0.2, 0.25) is 5.43 Å². The van der Waals surface area contributed by atoms with Crippen molar-refractivity contribution in [2.75, 3.05) is 24.5 Å². The van der Waals surface area contributed by atoms with Gasteiger partial charge in [0.15, 0.2) is 11.6 Å². The van der Waals surface area contributed by atoms with Gasteiger partial charge in [-0.2, -0.15) is 0 Å². The normalized spacial score (nSPS) is 19.8. The molecule has 0 radical (unpaired) electrons. The van der Waals surface area contributed by atoms with Gasteiger partial charge in [-0.3, -0.25) is 4.79 Å². The first kappa shape index (κ1) is 19.6. The number of anilines is 1. The van der Waals surface area contributed by atoms with Crippen LogP contribution in [-0.2, 0) is 0 Å². The lowest BCUT2D eigenvalue weighted by molar-refractivity contribution is 0.0695. The highest BCUT2D eigenvalue weighted by Gasteiger charge is 2.30. The van der Waals surface area contributed by atoms with Gasteiger partial charge in [-0.15, -0.1) is 12.4 Å². The summed E-state index contributed by atoms with van der Waals surface area (Å²) in [5, 5.41) is 12.7. The fourth-order valence-electron chi connectivity index (χ4n) is 3.62. The van der Waals surface area contributed by atoms with Gasteiger partial charge < -0.3 is 19.9 Å². The Morgan fingerprint density at radius 3 is 2.70 bits per heavy atom. The molecule has 2 aromatic rings.